The Bertz CT molecular complexity index is 812. The van der Waals surface area contributed by atoms with Gasteiger partial charge in [0.15, 0.2) is 0 Å². The summed E-state index contributed by atoms with van der Waals surface area (Å²) in [5, 5.41) is 7.25. The molecule has 3 aromatic rings. The first-order valence-electron chi connectivity index (χ1n) is 9.14. The average molecular weight is 350 g/mol. The Kier molecular flexibility index (Phi) is 5.25. The van der Waals surface area contributed by atoms with Gasteiger partial charge in [0, 0.05) is 36.6 Å². The van der Waals surface area contributed by atoms with E-state index in [4.69, 9.17) is 4.52 Å². The normalized spacial score (nSPS) is 15.2. The van der Waals surface area contributed by atoms with Crippen LogP contribution in [-0.2, 0) is 13.1 Å². The highest BCUT2D eigenvalue weighted by Gasteiger charge is 2.17. The van der Waals surface area contributed by atoms with Crippen molar-refractivity contribution >= 4 is 0 Å². The molecule has 0 unspecified atom stereocenters. The number of nitrogens with one attached hydrogen (secondary N) is 1. The summed E-state index contributed by atoms with van der Waals surface area (Å²) < 4.78 is 5.26. The van der Waals surface area contributed by atoms with Crippen LogP contribution in [0.25, 0.3) is 11.5 Å². The maximum Gasteiger partial charge on any atom is 0.240 e. The minimum Gasteiger partial charge on any atom is -0.337 e. The van der Waals surface area contributed by atoms with E-state index in [0.717, 1.165) is 11.4 Å². The molecule has 7 nitrogen and oxygen atoms in total. The highest BCUT2D eigenvalue weighted by molar-refractivity contribution is 5.46. The Morgan fingerprint density at radius 3 is 2.62 bits per heavy atom. The van der Waals surface area contributed by atoms with E-state index in [2.05, 4.69) is 30.4 Å². The van der Waals surface area contributed by atoms with Crippen LogP contribution in [0.1, 0.15) is 55.3 Å². The molecule has 134 valence electrons. The van der Waals surface area contributed by atoms with Crippen molar-refractivity contribution in [1.82, 2.24) is 30.4 Å². The van der Waals surface area contributed by atoms with E-state index in [9.17, 15) is 0 Å². The van der Waals surface area contributed by atoms with E-state index in [0.29, 0.717) is 36.4 Å². The highest BCUT2D eigenvalue weighted by Crippen LogP contribution is 2.30. The lowest BCUT2D eigenvalue weighted by Gasteiger charge is -2.19. The Hall–Kier alpha value is -2.67. The molecule has 0 aliphatic heterocycles. The molecule has 0 radical (unpaired) electrons. The number of hydrogen-bond acceptors (Lipinski definition) is 7. The summed E-state index contributed by atoms with van der Waals surface area (Å²) in [6, 6.07) is 5.61. The molecule has 1 fully saturated rings. The predicted molar refractivity (Wildman–Crippen MR) is 95.9 cm³/mol. The maximum atomic E-state index is 5.26. The monoisotopic (exact) mass is 350 g/mol. The molecule has 0 aromatic carbocycles. The fourth-order valence-corrected chi connectivity index (χ4v) is 3.27. The second-order valence-electron chi connectivity index (χ2n) is 6.61. The van der Waals surface area contributed by atoms with Crippen molar-refractivity contribution in [3.05, 3.63) is 54.1 Å². The quantitative estimate of drug-likeness (QED) is 0.730. The zero-order chi connectivity index (χ0) is 17.6. The minimum absolute atomic E-state index is 0.490. The van der Waals surface area contributed by atoms with Gasteiger partial charge in [-0.25, -0.2) is 9.97 Å². The Labute approximate surface area is 152 Å². The van der Waals surface area contributed by atoms with E-state index in [-0.39, 0.29) is 0 Å². The molecular formula is C19H22N6O. The summed E-state index contributed by atoms with van der Waals surface area (Å²) in [5.74, 6) is 2.56. The molecule has 1 saturated carbocycles. The van der Waals surface area contributed by atoms with Gasteiger partial charge in [-0.3, -0.25) is 4.98 Å². The van der Waals surface area contributed by atoms with Gasteiger partial charge in [0.05, 0.1) is 6.54 Å². The number of rotatable bonds is 6. The smallest absolute Gasteiger partial charge is 0.240 e. The van der Waals surface area contributed by atoms with Crippen LogP contribution >= 0.6 is 0 Å². The van der Waals surface area contributed by atoms with Crippen molar-refractivity contribution in [2.24, 2.45) is 0 Å². The third-order valence-electron chi connectivity index (χ3n) is 4.66. The summed E-state index contributed by atoms with van der Waals surface area (Å²) >= 11 is 0. The van der Waals surface area contributed by atoms with E-state index < -0.39 is 0 Å². The predicted octanol–water partition coefficient (Wildman–Crippen LogP) is 3.26. The van der Waals surface area contributed by atoms with Gasteiger partial charge in [-0.05, 0) is 25.0 Å². The number of aromatic nitrogens is 5. The molecule has 3 heterocycles. The third kappa shape index (κ3) is 4.11. The molecule has 1 aliphatic rings. The number of hydrogen-bond donors (Lipinski definition) is 1. The van der Waals surface area contributed by atoms with E-state index in [1.54, 1.807) is 6.20 Å². The Balaban J connectivity index is 1.29. The first-order valence-corrected chi connectivity index (χ1v) is 9.14. The lowest BCUT2D eigenvalue weighted by molar-refractivity contribution is 0.367. The SMILES string of the molecule is c1ccc(-c2noc(CNCc3cnc(C4CCCCC4)nc3)n2)nc1. The minimum atomic E-state index is 0.490. The maximum absolute atomic E-state index is 5.26. The molecule has 0 atom stereocenters. The highest BCUT2D eigenvalue weighted by atomic mass is 16.5. The molecule has 0 bridgehead atoms. The fraction of sp³-hybridized carbons (Fsp3) is 0.421. The topological polar surface area (TPSA) is 89.6 Å². The van der Waals surface area contributed by atoms with Crippen LogP contribution in [0.2, 0.25) is 0 Å². The summed E-state index contributed by atoms with van der Waals surface area (Å²) in [6.07, 6.45) is 11.9. The summed E-state index contributed by atoms with van der Waals surface area (Å²) in [5.41, 5.74) is 1.75. The van der Waals surface area contributed by atoms with E-state index in [1.807, 2.05) is 30.6 Å². The van der Waals surface area contributed by atoms with Gasteiger partial charge < -0.3 is 9.84 Å². The van der Waals surface area contributed by atoms with Crippen molar-refractivity contribution in [2.75, 3.05) is 0 Å². The standard InChI is InChI=1S/C19H22N6O/c1-2-6-15(7-3-1)18-22-11-14(12-23-18)10-20-13-17-24-19(25-26-17)16-8-4-5-9-21-16/h4-5,8-9,11-12,15,20H,1-3,6-7,10,13H2. The lowest BCUT2D eigenvalue weighted by atomic mass is 9.89. The zero-order valence-corrected chi connectivity index (χ0v) is 14.6. The molecule has 0 spiro atoms. The van der Waals surface area contributed by atoms with Gasteiger partial charge in [0.2, 0.25) is 11.7 Å². The summed E-state index contributed by atoms with van der Waals surface area (Å²) in [4.78, 5) is 17.7. The van der Waals surface area contributed by atoms with Crippen LogP contribution in [0.5, 0.6) is 0 Å². The number of pyridine rings is 1. The van der Waals surface area contributed by atoms with E-state index >= 15 is 0 Å². The van der Waals surface area contributed by atoms with Gasteiger partial charge >= 0.3 is 0 Å². The second kappa shape index (κ2) is 8.14. The molecule has 1 N–H and O–H groups in total. The van der Waals surface area contributed by atoms with Crippen molar-refractivity contribution in [3.63, 3.8) is 0 Å². The van der Waals surface area contributed by atoms with Gasteiger partial charge in [-0.15, -0.1) is 0 Å². The molecule has 7 heteroatoms. The van der Waals surface area contributed by atoms with Crippen LogP contribution < -0.4 is 5.32 Å². The van der Waals surface area contributed by atoms with Crippen LogP contribution in [0.15, 0.2) is 41.3 Å². The summed E-state index contributed by atoms with van der Waals surface area (Å²) in [6.45, 7) is 1.15. The van der Waals surface area contributed by atoms with Crippen LogP contribution in [0.4, 0.5) is 0 Å². The van der Waals surface area contributed by atoms with Gasteiger partial charge in [0.25, 0.3) is 0 Å². The summed E-state index contributed by atoms with van der Waals surface area (Å²) in [7, 11) is 0. The molecule has 0 saturated heterocycles. The molecule has 26 heavy (non-hydrogen) atoms. The lowest BCUT2D eigenvalue weighted by Crippen LogP contribution is -2.14. The second-order valence-corrected chi connectivity index (χ2v) is 6.61. The zero-order valence-electron chi connectivity index (χ0n) is 14.6. The Morgan fingerprint density at radius 2 is 1.85 bits per heavy atom. The van der Waals surface area contributed by atoms with Crippen molar-refractivity contribution in [1.29, 1.82) is 0 Å². The molecule has 3 aromatic heterocycles. The third-order valence-corrected chi connectivity index (χ3v) is 4.66. The van der Waals surface area contributed by atoms with Gasteiger partial charge in [-0.1, -0.05) is 30.5 Å². The molecule has 0 amide bonds. The van der Waals surface area contributed by atoms with Gasteiger partial charge in [-0.2, -0.15) is 4.98 Å². The molecule has 4 rings (SSSR count). The average Bonchev–Trinajstić information content (AvgIpc) is 3.19. The van der Waals surface area contributed by atoms with Crippen LogP contribution in [0.3, 0.4) is 0 Å². The first kappa shape index (κ1) is 16.8. The van der Waals surface area contributed by atoms with Crippen molar-refractivity contribution in [2.45, 2.75) is 51.1 Å². The molecular weight excluding hydrogens is 328 g/mol. The number of nitrogens with zero attached hydrogens (tertiary/aromatic N) is 5. The van der Waals surface area contributed by atoms with Gasteiger partial charge in [0.1, 0.15) is 11.5 Å². The van der Waals surface area contributed by atoms with Crippen LogP contribution in [0, 0.1) is 0 Å². The Morgan fingerprint density at radius 1 is 1.00 bits per heavy atom. The van der Waals surface area contributed by atoms with Crippen molar-refractivity contribution in [3.8, 4) is 11.5 Å². The van der Waals surface area contributed by atoms with E-state index in [1.165, 1.54) is 32.1 Å². The fourth-order valence-electron chi connectivity index (χ4n) is 3.27. The molecule has 1 aliphatic carbocycles. The largest absolute Gasteiger partial charge is 0.337 e. The van der Waals surface area contributed by atoms with Crippen LogP contribution in [-0.4, -0.2) is 25.1 Å². The first-order chi connectivity index (χ1) is 12.9. The van der Waals surface area contributed by atoms with Crippen molar-refractivity contribution < 1.29 is 4.52 Å².